The van der Waals surface area contributed by atoms with Crippen molar-refractivity contribution in [3.05, 3.63) is 158 Å². The van der Waals surface area contributed by atoms with Crippen molar-refractivity contribution in [1.82, 2.24) is 0 Å². The van der Waals surface area contributed by atoms with Gasteiger partial charge in [0.1, 0.15) is 19.3 Å². The Morgan fingerprint density at radius 1 is 0.259 bits per heavy atom. The Hall–Kier alpha value is -5.32. The van der Waals surface area contributed by atoms with E-state index in [0.717, 1.165) is 148 Å². The molecule has 0 aromatic rings. The fourth-order valence-corrected chi connectivity index (χ4v) is 12.1. The van der Waals surface area contributed by atoms with E-state index in [9.17, 15) is 43.2 Å². The molecule has 0 spiro atoms. The van der Waals surface area contributed by atoms with Crippen molar-refractivity contribution in [3.63, 3.8) is 0 Å². The van der Waals surface area contributed by atoms with E-state index < -0.39 is 97.5 Å². The highest BCUT2D eigenvalue weighted by atomic mass is 31.2. The van der Waals surface area contributed by atoms with Gasteiger partial charge in [-0.2, -0.15) is 0 Å². The monoisotopic (exact) mass is 1550 g/mol. The van der Waals surface area contributed by atoms with Gasteiger partial charge in [-0.15, -0.1) is 0 Å². The van der Waals surface area contributed by atoms with Gasteiger partial charge in [-0.25, -0.2) is 9.13 Å². The minimum atomic E-state index is -5.01. The highest BCUT2D eigenvalue weighted by Gasteiger charge is 2.30. The largest absolute Gasteiger partial charge is 0.472 e. The van der Waals surface area contributed by atoms with E-state index in [2.05, 4.69) is 149 Å². The van der Waals surface area contributed by atoms with Gasteiger partial charge in [0.15, 0.2) is 12.2 Å². The first-order chi connectivity index (χ1) is 52.7. The fourth-order valence-electron chi connectivity index (χ4n) is 10.6. The normalized spacial score (nSPS) is 14.6. The average molecular weight is 1550 g/mol. The summed E-state index contributed by atoms with van der Waals surface area (Å²) < 4.78 is 68.5. The summed E-state index contributed by atoms with van der Waals surface area (Å²) in [5, 5.41) is 10.7. The zero-order valence-electron chi connectivity index (χ0n) is 67.5. The van der Waals surface area contributed by atoms with Crippen LogP contribution in [0.2, 0.25) is 0 Å². The van der Waals surface area contributed by atoms with Gasteiger partial charge in [0.25, 0.3) is 0 Å². The molecule has 5 atom stereocenters. The molecule has 19 heteroatoms. The molecule has 0 amide bonds. The van der Waals surface area contributed by atoms with Crippen LogP contribution in [0.15, 0.2) is 158 Å². The molecule has 0 aliphatic carbocycles. The van der Waals surface area contributed by atoms with Crippen LogP contribution in [0, 0.1) is 0 Å². The van der Waals surface area contributed by atoms with Crippen molar-refractivity contribution in [2.24, 2.45) is 0 Å². The molecule has 0 radical (unpaired) electrons. The van der Waals surface area contributed by atoms with E-state index in [4.69, 9.17) is 37.0 Å². The van der Waals surface area contributed by atoms with Gasteiger partial charge in [-0.1, -0.05) is 295 Å². The van der Waals surface area contributed by atoms with E-state index in [1.54, 1.807) is 0 Å². The van der Waals surface area contributed by atoms with Gasteiger partial charge in [-0.05, 0) is 161 Å². The summed E-state index contributed by atoms with van der Waals surface area (Å²) in [5.41, 5.74) is 0. The SMILES string of the molecule is CCCCC/C=C\C/C=C\C/C=C\C/C=C\C/C=C\CCC(=O)OC[C@H](COP(=O)(O)OC[C@@H](O)COP(=O)(O)OC[C@@H](COC(=O)CCCCCCCCC/C=C\CCCCCC)OC(=O)CC/C=C\C/C=C\C/C=C\C/C=C\C/C=C\CCCCC)OC(=O)CCCCCCC/C=C\C/C=C\CCCCC. The smallest absolute Gasteiger partial charge is 0.462 e. The lowest BCUT2D eigenvalue weighted by molar-refractivity contribution is -0.161. The van der Waals surface area contributed by atoms with Gasteiger partial charge >= 0.3 is 39.5 Å². The fraction of sp³-hybridized carbons (Fsp3) is 0.663. The van der Waals surface area contributed by atoms with Crippen LogP contribution in [0.1, 0.15) is 323 Å². The van der Waals surface area contributed by atoms with Crippen LogP contribution in [0.4, 0.5) is 0 Å². The predicted octanol–water partition coefficient (Wildman–Crippen LogP) is 24.8. The second kappa shape index (κ2) is 79.8. The summed E-state index contributed by atoms with van der Waals surface area (Å²) in [6.45, 7) is 4.60. The second-order valence-corrected chi connectivity index (χ2v) is 30.3. The number of phosphoric ester groups is 2. The molecular formula is C89H148O17P2. The molecule has 0 aromatic heterocycles. The lowest BCUT2D eigenvalue weighted by Crippen LogP contribution is -2.30. The highest BCUT2D eigenvalue weighted by Crippen LogP contribution is 2.45. The van der Waals surface area contributed by atoms with E-state index in [1.165, 1.54) is 83.5 Å². The summed E-state index contributed by atoms with van der Waals surface area (Å²) in [6, 6.07) is 0. The van der Waals surface area contributed by atoms with Gasteiger partial charge in [0, 0.05) is 25.7 Å². The molecule has 0 aliphatic rings. The molecule has 3 N–H and O–H groups in total. The zero-order valence-corrected chi connectivity index (χ0v) is 69.3. The maximum atomic E-state index is 13.1. The second-order valence-electron chi connectivity index (χ2n) is 27.3. The number of rotatable bonds is 77. The third-order valence-electron chi connectivity index (χ3n) is 17.0. The van der Waals surface area contributed by atoms with E-state index in [-0.39, 0.29) is 25.7 Å². The summed E-state index contributed by atoms with van der Waals surface area (Å²) in [7, 11) is -10.0. The molecule has 2 unspecified atom stereocenters. The molecular weight excluding hydrogens is 1400 g/mol. The molecule has 0 bridgehead atoms. The maximum absolute atomic E-state index is 13.1. The lowest BCUT2D eigenvalue weighted by atomic mass is 10.1. The van der Waals surface area contributed by atoms with Crippen molar-refractivity contribution in [1.29, 1.82) is 0 Å². The van der Waals surface area contributed by atoms with Crippen LogP contribution in [0.3, 0.4) is 0 Å². The van der Waals surface area contributed by atoms with Crippen LogP contribution in [0.25, 0.3) is 0 Å². The number of esters is 4. The maximum Gasteiger partial charge on any atom is 0.472 e. The van der Waals surface area contributed by atoms with Gasteiger partial charge in [0.2, 0.25) is 0 Å². The summed E-state index contributed by atoms with van der Waals surface area (Å²) >= 11 is 0. The van der Waals surface area contributed by atoms with Crippen molar-refractivity contribution >= 4 is 39.5 Å². The van der Waals surface area contributed by atoms with Gasteiger partial charge in [-0.3, -0.25) is 37.3 Å². The quantitative estimate of drug-likeness (QED) is 0.0169. The van der Waals surface area contributed by atoms with Gasteiger partial charge in [0.05, 0.1) is 26.4 Å². The first-order valence-electron chi connectivity index (χ1n) is 41.7. The third kappa shape index (κ3) is 78.8. The lowest BCUT2D eigenvalue weighted by Gasteiger charge is -2.21. The molecule has 17 nitrogen and oxygen atoms in total. The number of unbranched alkanes of at least 4 members (excludes halogenated alkanes) is 25. The predicted molar refractivity (Wildman–Crippen MR) is 445 cm³/mol. The van der Waals surface area contributed by atoms with Crippen LogP contribution >= 0.6 is 15.6 Å². The Morgan fingerprint density at radius 2 is 0.472 bits per heavy atom. The number of ether oxygens (including phenoxy) is 4. The minimum Gasteiger partial charge on any atom is -0.462 e. The number of aliphatic hydroxyl groups excluding tert-OH is 1. The standard InChI is InChI=1S/C89H148O17P2/c1-5-9-13-17-21-25-29-33-37-39-41-43-47-50-54-58-62-66-70-74-87(92)100-80-84(105-88(93)75-71-67-63-59-55-51-46-36-32-28-24-20-16-12-8-4)81-103-107(95,96)101-77-83(90)78-102-108(97,98)104-82-85(79-99-86(91)73-69-65-61-57-53-49-45-35-31-27-23-19-15-11-7-3)106-89(94)76-72-68-64-60-56-52-48-44-42-40-38-34-30-26-22-18-14-10-6-2/h21-22,24-28,31,33-34,36-38,41-44,46,50,52,54,56,62,64,66,68,83-85,90H,5-20,23,29-30,32,35,39-40,45,47-49,51,53,55,57-61,63,65,67,69-82H2,1-4H3,(H,95,96)(H,97,98)/b25-21-,26-22-,28-24-,31-27-,37-33-,38-34-,43-41-,44-42-,46-36-,54-50-,56-52-,66-62-,68-64-/t83-,84-,85-/m1/s1. The van der Waals surface area contributed by atoms with Crippen molar-refractivity contribution < 1.29 is 80.2 Å². The minimum absolute atomic E-state index is 0.0288. The number of hydrogen-bond donors (Lipinski definition) is 3. The molecule has 616 valence electrons. The molecule has 0 fully saturated rings. The van der Waals surface area contributed by atoms with Crippen LogP contribution in [-0.4, -0.2) is 96.7 Å². The van der Waals surface area contributed by atoms with Crippen LogP contribution < -0.4 is 0 Å². The molecule has 0 rings (SSSR count). The Balaban J connectivity index is 5.52. The number of carbonyl (C=O) groups excluding carboxylic acids is 4. The number of phosphoric acid groups is 2. The summed E-state index contributed by atoms with van der Waals surface area (Å²) in [6.07, 6.45) is 93.8. The number of carbonyl (C=O) groups is 4. The Morgan fingerprint density at radius 3 is 0.796 bits per heavy atom. The van der Waals surface area contributed by atoms with E-state index in [0.29, 0.717) is 38.5 Å². The summed E-state index contributed by atoms with van der Waals surface area (Å²) in [4.78, 5) is 73.1. The first-order valence-corrected chi connectivity index (χ1v) is 44.7. The molecule has 0 saturated carbocycles. The summed E-state index contributed by atoms with van der Waals surface area (Å²) in [5.74, 6) is -2.39. The topological polar surface area (TPSA) is 237 Å². The van der Waals surface area contributed by atoms with Gasteiger partial charge < -0.3 is 33.8 Å². The molecule has 0 heterocycles. The molecule has 0 aromatic carbocycles. The number of hydrogen-bond acceptors (Lipinski definition) is 15. The van der Waals surface area contributed by atoms with Crippen LogP contribution in [-0.2, 0) is 65.4 Å². The highest BCUT2D eigenvalue weighted by molar-refractivity contribution is 7.47. The molecule has 0 saturated heterocycles. The molecule has 108 heavy (non-hydrogen) atoms. The Kier molecular flexibility index (Phi) is 75.8. The Labute approximate surface area is 655 Å². The van der Waals surface area contributed by atoms with E-state index in [1.807, 2.05) is 36.5 Å². The first kappa shape index (κ1) is 103. The van der Waals surface area contributed by atoms with Crippen molar-refractivity contribution in [2.45, 2.75) is 341 Å². The zero-order chi connectivity index (χ0) is 78.9. The van der Waals surface area contributed by atoms with Crippen molar-refractivity contribution in [3.8, 4) is 0 Å². The number of allylic oxidation sites excluding steroid dienone is 26. The number of aliphatic hydroxyl groups is 1. The molecule has 0 aliphatic heterocycles. The van der Waals surface area contributed by atoms with E-state index >= 15 is 0 Å². The average Bonchev–Trinajstić information content (AvgIpc) is 0.914. The van der Waals surface area contributed by atoms with Crippen LogP contribution in [0.5, 0.6) is 0 Å². The third-order valence-corrected chi connectivity index (χ3v) is 18.9. The van der Waals surface area contributed by atoms with Crippen molar-refractivity contribution in [2.75, 3.05) is 39.6 Å². The Bertz CT molecular complexity index is 2660.